The topological polar surface area (TPSA) is 92.8 Å². The van der Waals surface area contributed by atoms with E-state index in [-0.39, 0.29) is 11.3 Å². The summed E-state index contributed by atoms with van der Waals surface area (Å²) in [6.45, 7) is -0.457. The Morgan fingerprint density at radius 3 is 2.30 bits per heavy atom. The minimum absolute atomic E-state index is 0.0377. The molecule has 7 nitrogen and oxygen atoms in total. The lowest BCUT2D eigenvalue weighted by Crippen LogP contribution is -2.23. The van der Waals surface area contributed by atoms with Gasteiger partial charge in [-0.2, -0.15) is 0 Å². The van der Waals surface area contributed by atoms with Crippen LogP contribution in [-0.2, 0) is 30.8 Å². The summed E-state index contributed by atoms with van der Waals surface area (Å²) in [5.41, 5.74) is 1.00. The zero-order valence-electron chi connectivity index (χ0n) is 14.8. The van der Waals surface area contributed by atoms with Crippen LogP contribution in [0.25, 0.3) is 0 Å². The molecule has 0 bridgehead atoms. The number of hydrogen-bond donors (Lipinski definition) is 1. The summed E-state index contributed by atoms with van der Waals surface area (Å²) in [4.78, 5) is 23.8. The summed E-state index contributed by atoms with van der Waals surface area (Å²) in [6.07, 6.45) is -0.0377. The van der Waals surface area contributed by atoms with E-state index < -0.39 is 28.5 Å². The van der Waals surface area contributed by atoms with Crippen LogP contribution in [-0.4, -0.2) is 45.3 Å². The molecule has 0 aliphatic heterocycles. The van der Waals surface area contributed by atoms with Gasteiger partial charge in [0.05, 0.1) is 11.3 Å². The van der Waals surface area contributed by atoms with Crippen molar-refractivity contribution in [3.8, 4) is 0 Å². The molecule has 0 atom stereocenters. The molecule has 1 amide bonds. The SMILES string of the molecule is CN(C)S(=O)(=O)c1ccc(NC(=O)COC(=O)Cc2ccccc2Cl)cc1. The van der Waals surface area contributed by atoms with Crippen LogP contribution >= 0.6 is 11.6 Å². The molecule has 0 aliphatic carbocycles. The maximum absolute atomic E-state index is 12.0. The van der Waals surface area contributed by atoms with Gasteiger partial charge in [-0.05, 0) is 35.9 Å². The average Bonchev–Trinajstić information content (AvgIpc) is 2.62. The van der Waals surface area contributed by atoms with Gasteiger partial charge in [0, 0.05) is 24.8 Å². The Labute approximate surface area is 162 Å². The van der Waals surface area contributed by atoms with Gasteiger partial charge in [-0.1, -0.05) is 29.8 Å². The number of hydrogen-bond acceptors (Lipinski definition) is 5. The number of anilines is 1. The van der Waals surface area contributed by atoms with E-state index in [1.54, 1.807) is 24.3 Å². The van der Waals surface area contributed by atoms with E-state index in [9.17, 15) is 18.0 Å². The number of nitrogens with zero attached hydrogens (tertiary/aromatic N) is 1. The number of ether oxygens (including phenoxy) is 1. The van der Waals surface area contributed by atoms with E-state index in [4.69, 9.17) is 16.3 Å². The lowest BCUT2D eigenvalue weighted by molar-refractivity contribution is -0.146. The molecule has 2 rings (SSSR count). The Hall–Kier alpha value is -2.42. The molecule has 2 aromatic carbocycles. The van der Waals surface area contributed by atoms with Crippen LogP contribution in [0.3, 0.4) is 0 Å². The van der Waals surface area contributed by atoms with E-state index in [2.05, 4.69) is 5.32 Å². The molecule has 0 spiro atoms. The summed E-state index contributed by atoms with van der Waals surface area (Å²) in [6, 6.07) is 12.5. The van der Waals surface area contributed by atoms with Gasteiger partial charge in [-0.15, -0.1) is 0 Å². The Balaban J connectivity index is 1.87. The highest BCUT2D eigenvalue weighted by Crippen LogP contribution is 2.17. The quantitative estimate of drug-likeness (QED) is 0.707. The van der Waals surface area contributed by atoms with Crippen molar-refractivity contribution in [2.24, 2.45) is 0 Å². The molecule has 2 aromatic rings. The third-order valence-electron chi connectivity index (χ3n) is 3.57. The second-order valence-electron chi connectivity index (χ2n) is 5.79. The normalized spacial score (nSPS) is 11.3. The molecular weight excluding hydrogens is 392 g/mol. The number of sulfonamides is 1. The van der Waals surface area contributed by atoms with E-state index in [0.29, 0.717) is 16.3 Å². The van der Waals surface area contributed by atoms with Gasteiger partial charge >= 0.3 is 5.97 Å². The first kappa shape index (κ1) is 20.9. The monoisotopic (exact) mass is 410 g/mol. The largest absolute Gasteiger partial charge is 0.455 e. The van der Waals surface area contributed by atoms with Crippen molar-refractivity contribution >= 4 is 39.2 Å². The predicted octanol–water partition coefficient (Wildman–Crippen LogP) is 2.31. The van der Waals surface area contributed by atoms with Crippen LogP contribution in [0.4, 0.5) is 5.69 Å². The van der Waals surface area contributed by atoms with E-state index >= 15 is 0 Å². The van der Waals surface area contributed by atoms with Crippen molar-refractivity contribution in [2.45, 2.75) is 11.3 Å². The van der Waals surface area contributed by atoms with Crippen molar-refractivity contribution in [1.29, 1.82) is 0 Å². The fourth-order valence-electron chi connectivity index (χ4n) is 2.11. The summed E-state index contributed by atoms with van der Waals surface area (Å²) in [5.74, 6) is -1.11. The lowest BCUT2D eigenvalue weighted by atomic mass is 10.1. The number of esters is 1. The fraction of sp³-hybridized carbons (Fsp3) is 0.222. The molecule has 0 aliphatic rings. The van der Waals surface area contributed by atoms with Gasteiger partial charge in [0.25, 0.3) is 5.91 Å². The first-order valence-electron chi connectivity index (χ1n) is 7.91. The third-order valence-corrected chi connectivity index (χ3v) is 5.77. The molecule has 0 saturated carbocycles. The molecule has 27 heavy (non-hydrogen) atoms. The summed E-state index contributed by atoms with van der Waals surface area (Å²) in [7, 11) is -0.671. The fourth-order valence-corrected chi connectivity index (χ4v) is 3.22. The second kappa shape index (κ2) is 8.98. The highest BCUT2D eigenvalue weighted by atomic mass is 35.5. The van der Waals surface area contributed by atoms with Gasteiger partial charge < -0.3 is 10.1 Å². The van der Waals surface area contributed by atoms with Gasteiger partial charge in [0.1, 0.15) is 0 Å². The maximum Gasteiger partial charge on any atom is 0.310 e. The summed E-state index contributed by atoms with van der Waals surface area (Å²) < 4.78 is 30.0. The van der Waals surface area contributed by atoms with Gasteiger partial charge in [-0.25, -0.2) is 12.7 Å². The van der Waals surface area contributed by atoms with E-state index in [1.807, 2.05) is 0 Å². The maximum atomic E-state index is 12.0. The second-order valence-corrected chi connectivity index (χ2v) is 8.35. The smallest absolute Gasteiger partial charge is 0.310 e. The van der Waals surface area contributed by atoms with Gasteiger partial charge in [-0.3, -0.25) is 9.59 Å². The molecule has 0 fully saturated rings. The molecule has 0 radical (unpaired) electrons. The number of benzene rings is 2. The molecule has 9 heteroatoms. The summed E-state index contributed by atoms with van der Waals surface area (Å²) >= 11 is 5.97. The number of amides is 1. The highest BCUT2D eigenvalue weighted by molar-refractivity contribution is 7.89. The Morgan fingerprint density at radius 2 is 1.70 bits per heavy atom. The molecule has 0 heterocycles. The standard InChI is InChI=1S/C18H19ClN2O5S/c1-21(2)27(24,25)15-9-7-14(8-10-15)20-17(22)12-26-18(23)11-13-5-3-4-6-16(13)19/h3-10H,11-12H2,1-2H3,(H,20,22). The molecule has 1 N–H and O–H groups in total. The number of rotatable bonds is 7. The van der Waals surface area contributed by atoms with Crippen molar-refractivity contribution in [3.63, 3.8) is 0 Å². The highest BCUT2D eigenvalue weighted by Gasteiger charge is 2.17. The Kier molecular flexibility index (Phi) is 6.95. The molecule has 0 aromatic heterocycles. The minimum atomic E-state index is -3.54. The van der Waals surface area contributed by atoms with Crippen LogP contribution in [0.15, 0.2) is 53.4 Å². The van der Waals surface area contributed by atoms with E-state index in [0.717, 1.165) is 4.31 Å². The van der Waals surface area contributed by atoms with Crippen LogP contribution in [0, 0.1) is 0 Å². The number of carbonyl (C=O) groups excluding carboxylic acids is 2. The number of carbonyl (C=O) groups is 2. The third kappa shape index (κ3) is 5.78. The Bertz CT molecular complexity index is 927. The van der Waals surface area contributed by atoms with Crippen LogP contribution in [0.5, 0.6) is 0 Å². The minimum Gasteiger partial charge on any atom is -0.455 e. The van der Waals surface area contributed by atoms with Crippen LogP contribution in [0.1, 0.15) is 5.56 Å². The van der Waals surface area contributed by atoms with Crippen molar-refractivity contribution in [3.05, 3.63) is 59.1 Å². The molecule has 0 unspecified atom stereocenters. The van der Waals surface area contributed by atoms with Crippen molar-refractivity contribution in [2.75, 3.05) is 26.0 Å². The van der Waals surface area contributed by atoms with E-state index in [1.165, 1.54) is 38.4 Å². The Morgan fingerprint density at radius 1 is 1.07 bits per heavy atom. The zero-order chi connectivity index (χ0) is 20.0. The molecule has 0 saturated heterocycles. The van der Waals surface area contributed by atoms with Crippen LogP contribution < -0.4 is 5.32 Å². The summed E-state index contributed by atoms with van der Waals surface area (Å²) in [5, 5.41) is 2.98. The zero-order valence-corrected chi connectivity index (χ0v) is 16.4. The van der Waals surface area contributed by atoms with Crippen LogP contribution in [0.2, 0.25) is 5.02 Å². The van der Waals surface area contributed by atoms with Gasteiger partial charge in [0.2, 0.25) is 10.0 Å². The van der Waals surface area contributed by atoms with Crippen molar-refractivity contribution in [1.82, 2.24) is 4.31 Å². The number of nitrogens with one attached hydrogen (secondary N) is 1. The van der Waals surface area contributed by atoms with Crippen molar-refractivity contribution < 1.29 is 22.7 Å². The number of halogens is 1. The first-order chi connectivity index (χ1) is 12.7. The van der Waals surface area contributed by atoms with Gasteiger partial charge in [0.15, 0.2) is 6.61 Å². The lowest BCUT2D eigenvalue weighted by Gasteiger charge is -2.12. The first-order valence-corrected chi connectivity index (χ1v) is 9.73. The molecule has 144 valence electrons. The average molecular weight is 411 g/mol. The molecular formula is C18H19ClN2O5S. The predicted molar refractivity (Wildman–Crippen MR) is 102 cm³/mol.